The van der Waals surface area contributed by atoms with Gasteiger partial charge in [0, 0.05) is 0 Å². The second-order valence-electron chi connectivity index (χ2n) is 7.40. The molecule has 1 fully saturated rings. The van der Waals surface area contributed by atoms with E-state index in [2.05, 4.69) is 9.31 Å². The molecule has 1 heterocycles. The van der Waals surface area contributed by atoms with Crippen LogP contribution in [0.3, 0.4) is 0 Å². The highest BCUT2D eigenvalue weighted by atomic mass is 19.2. The lowest BCUT2D eigenvalue weighted by atomic mass is 9.78. The molecule has 4 rings (SSSR count). The molecule has 2 atom stereocenters. The van der Waals surface area contributed by atoms with Crippen LogP contribution in [-0.2, 0) is 9.31 Å². The van der Waals surface area contributed by atoms with Gasteiger partial charge in [-0.1, -0.05) is 0 Å². The molecule has 1 saturated heterocycles. The molecule has 0 bridgehead atoms. The zero-order valence-corrected chi connectivity index (χ0v) is 17.2. The van der Waals surface area contributed by atoms with Gasteiger partial charge < -0.3 is 9.31 Å². The SMILES string of the molecule is Fc1c(F)c(F)c(B2O[C@@H](c3c(F)c(F)c(F)c(F)c3F)[C@H](c3c(F)c(F)c(F)c(F)c3F)O2)c(F)c1F. The van der Waals surface area contributed by atoms with Crippen LogP contribution in [0.5, 0.6) is 0 Å². The van der Waals surface area contributed by atoms with Gasteiger partial charge in [0.2, 0.25) is 11.6 Å². The molecule has 0 amide bonds. The molecular formula is C20H2BF15O2. The molecule has 0 radical (unpaired) electrons. The van der Waals surface area contributed by atoms with Crippen molar-refractivity contribution in [2.45, 2.75) is 12.2 Å². The highest BCUT2D eigenvalue weighted by molar-refractivity contribution is 6.62. The molecule has 0 aliphatic carbocycles. The summed E-state index contributed by atoms with van der Waals surface area (Å²) in [6.45, 7) is 0. The Bertz CT molecular complexity index is 1350. The average Bonchev–Trinajstić information content (AvgIpc) is 3.30. The Morgan fingerprint density at radius 2 is 0.526 bits per heavy atom. The Hall–Kier alpha value is -3.41. The van der Waals surface area contributed by atoms with Crippen molar-refractivity contribution in [3.8, 4) is 0 Å². The van der Waals surface area contributed by atoms with Crippen molar-refractivity contribution in [1.29, 1.82) is 0 Å². The Kier molecular flexibility index (Phi) is 6.84. The smallest absolute Gasteiger partial charge is 0.397 e. The summed E-state index contributed by atoms with van der Waals surface area (Å²) in [5.74, 6) is -41.3. The first-order chi connectivity index (χ1) is 17.6. The van der Waals surface area contributed by atoms with Gasteiger partial charge in [0.15, 0.2) is 75.6 Å². The summed E-state index contributed by atoms with van der Waals surface area (Å²) in [4.78, 5) is 0. The second-order valence-corrected chi connectivity index (χ2v) is 7.40. The normalized spacial score (nSPS) is 17.6. The fraction of sp³-hybridized carbons (Fsp3) is 0.100. The quantitative estimate of drug-likeness (QED) is 0.167. The zero-order chi connectivity index (χ0) is 28.5. The van der Waals surface area contributed by atoms with E-state index in [1.54, 1.807) is 0 Å². The fourth-order valence-electron chi connectivity index (χ4n) is 3.59. The van der Waals surface area contributed by atoms with Crippen molar-refractivity contribution < 1.29 is 75.2 Å². The monoisotopic (exact) mass is 570 g/mol. The second kappa shape index (κ2) is 9.41. The molecule has 0 unspecified atom stereocenters. The topological polar surface area (TPSA) is 18.5 Å². The maximum absolute atomic E-state index is 14.5. The van der Waals surface area contributed by atoms with Crippen LogP contribution in [-0.4, -0.2) is 7.12 Å². The van der Waals surface area contributed by atoms with Gasteiger partial charge in [-0.05, 0) is 0 Å². The van der Waals surface area contributed by atoms with Crippen LogP contribution in [0.4, 0.5) is 65.9 Å². The summed E-state index contributed by atoms with van der Waals surface area (Å²) < 4.78 is 218. The highest BCUT2D eigenvalue weighted by Crippen LogP contribution is 2.47. The van der Waals surface area contributed by atoms with Crippen LogP contribution < -0.4 is 5.46 Å². The summed E-state index contributed by atoms with van der Waals surface area (Å²) in [7, 11) is -3.15. The first-order valence-corrected chi connectivity index (χ1v) is 9.48. The standard InChI is InChI=1S/C20H2BF15O2/c22-4-1(5(23)11(29)16(34)10(4)28)19-20(2-6(24)12(30)17(35)13(31)7(2)25)38-21(37-19)3-8(26)14(32)18(36)15(33)9(3)27/h19-20H/t19-,20-/m0/s1. The molecule has 202 valence electrons. The minimum absolute atomic E-state index is 2.14. The molecule has 1 aliphatic rings. The van der Waals surface area contributed by atoms with E-state index in [0.29, 0.717) is 0 Å². The lowest BCUT2D eigenvalue weighted by Gasteiger charge is -2.22. The van der Waals surface area contributed by atoms with E-state index < -0.39 is 123 Å². The Morgan fingerprint density at radius 3 is 0.789 bits per heavy atom. The van der Waals surface area contributed by atoms with Crippen LogP contribution in [0, 0.1) is 87.3 Å². The van der Waals surface area contributed by atoms with Gasteiger partial charge in [0.25, 0.3) is 0 Å². The van der Waals surface area contributed by atoms with Gasteiger partial charge in [-0.25, -0.2) is 65.9 Å². The Morgan fingerprint density at radius 1 is 0.316 bits per heavy atom. The van der Waals surface area contributed by atoms with Gasteiger partial charge in [0.1, 0.15) is 12.2 Å². The van der Waals surface area contributed by atoms with Gasteiger partial charge in [-0.15, -0.1) is 0 Å². The number of benzene rings is 3. The minimum atomic E-state index is -3.19. The van der Waals surface area contributed by atoms with Crippen LogP contribution in [0.1, 0.15) is 23.3 Å². The number of rotatable bonds is 3. The van der Waals surface area contributed by atoms with E-state index in [-0.39, 0.29) is 0 Å². The van der Waals surface area contributed by atoms with E-state index in [1.807, 2.05) is 0 Å². The molecular weight excluding hydrogens is 568 g/mol. The predicted octanol–water partition coefficient (Wildman–Crippen LogP) is 6.00. The van der Waals surface area contributed by atoms with Crippen molar-refractivity contribution in [2.75, 3.05) is 0 Å². The Balaban J connectivity index is 2.03. The van der Waals surface area contributed by atoms with Gasteiger partial charge >= 0.3 is 7.12 Å². The minimum Gasteiger partial charge on any atom is -0.397 e. The van der Waals surface area contributed by atoms with Crippen molar-refractivity contribution in [3.63, 3.8) is 0 Å². The molecule has 2 nitrogen and oxygen atoms in total. The predicted molar refractivity (Wildman–Crippen MR) is 91.7 cm³/mol. The number of hydrogen-bond donors (Lipinski definition) is 0. The summed E-state index contributed by atoms with van der Waals surface area (Å²) in [6.07, 6.45) is -6.37. The lowest BCUT2D eigenvalue weighted by Crippen LogP contribution is -2.39. The lowest BCUT2D eigenvalue weighted by molar-refractivity contribution is 0.137. The van der Waals surface area contributed by atoms with Crippen LogP contribution >= 0.6 is 0 Å². The van der Waals surface area contributed by atoms with E-state index >= 15 is 0 Å². The maximum atomic E-state index is 14.5. The third-order valence-corrected chi connectivity index (χ3v) is 5.35. The summed E-state index contributed by atoms with van der Waals surface area (Å²) in [6, 6.07) is 0. The van der Waals surface area contributed by atoms with Crippen LogP contribution in [0.25, 0.3) is 0 Å². The van der Waals surface area contributed by atoms with E-state index in [0.717, 1.165) is 0 Å². The first kappa shape index (κ1) is 27.6. The summed E-state index contributed by atoms with van der Waals surface area (Å²) >= 11 is 0. The molecule has 3 aromatic rings. The molecule has 3 aromatic carbocycles. The highest BCUT2D eigenvalue weighted by Gasteiger charge is 2.52. The molecule has 0 saturated carbocycles. The molecule has 0 N–H and O–H groups in total. The molecule has 18 heteroatoms. The Labute approximate surface area is 199 Å². The third kappa shape index (κ3) is 3.79. The van der Waals surface area contributed by atoms with E-state index in [1.165, 1.54) is 0 Å². The first-order valence-electron chi connectivity index (χ1n) is 9.48. The third-order valence-electron chi connectivity index (χ3n) is 5.35. The van der Waals surface area contributed by atoms with Crippen LogP contribution in [0.2, 0.25) is 0 Å². The van der Waals surface area contributed by atoms with Crippen molar-refractivity contribution in [3.05, 3.63) is 98.4 Å². The fourth-order valence-corrected chi connectivity index (χ4v) is 3.59. The van der Waals surface area contributed by atoms with Crippen molar-refractivity contribution >= 4 is 12.6 Å². The number of hydrogen-bond acceptors (Lipinski definition) is 2. The van der Waals surface area contributed by atoms with Crippen molar-refractivity contribution in [2.24, 2.45) is 0 Å². The molecule has 0 spiro atoms. The van der Waals surface area contributed by atoms with Gasteiger partial charge in [0.05, 0.1) is 16.6 Å². The van der Waals surface area contributed by atoms with E-state index in [9.17, 15) is 65.9 Å². The van der Waals surface area contributed by atoms with Gasteiger partial charge in [-0.3, -0.25) is 0 Å². The van der Waals surface area contributed by atoms with E-state index in [4.69, 9.17) is 0 Å². The number of halogens is 15. The van der Waals surface area contributed by atoms with Crippen molar-refractivity contribution in [1.82, 2.24) is 0 Å². The summed E-state index contributed by atoms with van der Waals surface area (Å²) in [5.41, 5.74) is -6.55. The summed E-state index contributed by atoms with van der Waals surface area (Å²) in [5, 5.41) is 0. The maximum Gasteiger partial charge on any atom is 0.501 e. The van der Waals surface area contributed by atoms with Crippen LogP contribution in [0.15, 0.2) is 0 Å². The average molecular weight is 570 g/mol. The zero-order valence-electron chi connectivity index (χ0n) is 17.2. The van der Waals surface area contributed by atoms with Gasteiger partial charge in [-0.2, -0.15) is 0 Å². The molecule has 0 aromatic heterocycles. The largest absolute Gasteiger partial charge is 0.501 e. The molecule has 38 heavy (non-hydrogen) atoms. The molecule has 1 aliphatic heterocycles.